The quantitative estimate of drug-likeness (QED) is 0.316. The standard InChI is InChI=1S/C27H21F2N3O4S/c1-31-15-22(21-14-19(30)8-10-24(21)36-25-9-7-18(28)13-23(25)29)20-11-12-32(26(20)27(31)33)37(34,35)16-17-5-3-2-4-6-17/h2-15H,16,30H2,1H3. The monoisotopic (exact) mass is 521 g/mol. The summed E-state index contributed by atoms with van der Waals surface area (Å²) in [6, 6.07) is 17.7. The summed E-state index contributed by atoms with van der Waals surface area (Å²) in [7, 11) is -2.45. The van der Waals surface area contributed by atoms with E-state index in [-0.39, 0.29) is 22.8 Å². The Bertz CT molecular complexity index is 1810. The topological polar surface area (TPSA) is 96.3 Å². The third-order valence-electron chi connectivity index (χ3n) is 5.89. The summed E-state index contributed by atoms with van der Waals surface area (Å²) >= 11 is 0. The SMILES string of the molecule is Cn1cc(-c2cc(N)ccc2Oc2ccc(F)cc2F)c2ccn(S(=O)(=O)Cc3ccccc3)c2c1=O. The fraction of sp³-hybridized carbons (Fsp3) is 0.0741. The summed E-state index contributed by atoms with van der Waals surface area (Å²) in [6.07, 6.45) is 2.86. The van der Waals surface area contributed by atoms with Gasteiger partial charge in [0.2, 0.25) is 10.0 Å². The van der Waals surface area contributed by atoms with Crippen LogP contribution >= 0.6 is 0 Å². The highest BCUT2D eigenvalue weighted by Gasteiger charge is 2.23. The number of fused-ring (bicyclic) bond motifs is 1. The molecule has 2 aromatic heterocycles. The van der Waals surface area contributed by atoms with E-state index in [4.69, 9.17) is 10.5 Å². The second-order valence-corrected chi connectivity index (χ2v) is 10.4. The van der Waals surface area contributed by atoms with E-state index in [1.54, 1.807) is 42.5 Å². The van der Waals surface area contributed by atoms with E-state index in [0.29, 0.717) is 33.8 Å². The van der Waals surface area contributed by atoms with E-state index in [1.165, 1.54) is 36.1 Å². The zero-order valence-corrected chi connectivity index (χ0v) is 20.4. The molecule has 0 saturated heterocycles. The van der Waals surface area contributed by atoms with Crippen LogP contribution in [-0.2, 0) is 22.8 Å². The van der Waals surface area contributed by atoms with Crippen molar-refractivity contribution in [2.75, 3.05) is 5.73 Å². The third-order valence-corrected chi connectivity index (χ3v) is 7.49. The first-order valence-corrected chi connectivity index (χ1v) is 12.8. The molecular formula is C27H21F2N3O4S. The van der Waals surface area contributed by atoms with E-state index >= 15 is 0 Å². The molecule has 0 aliphatic rings. The molecule has 10 heteroatoms. The summed E-state index contributed by atoms with van der Waals surface area (Å²) in [4.78, 5) is 13.1. The highest BCUT2D eigenvalue weighted by atomic mass is 32.2. The van der Waals surface area contributed by atoms with E-state index in [0.717, 1.165) is 16.1 Å². The van der Waals surface area contributed by atoms with Crippen molar-refractivity contribution >= 4 is 26.6 Å². The van der Waals surface area contributed by atoms with Gasteiger partial charge in [0, 0.05) is 47.7 Å². The summed E-state index contributed by atoms with van der Waals surface area (Å²) in [6.45, 7) is 0. The maximum Gasteiger partial charge on any atom is 0.275 e. The van der Waals surface area contributed by atoms with Crippen LogP contribution in [0.5, 0.6) is 11.5 Å². The van der Waals surface area contributed by atoms with Gasteiger partial charge in [0.05, 0.1) is 5.75 Å². The summed E-state index contributed by atoms with van der Waals surface area (Å²) < 4.78 is 62.3. The minimum Gasteiger partial charge on any atom is -0.454 e. The first-order valence-electron chi connectivity index (χ1n) is 11.1. The molecule has 188 valence electrons. The van der Waals surface area contributed by atoms with Crippen molar-refractivity contribution in [2.24, 2.45) is 7.05 Å². The van der Waals surface area contributed by atoms with Gasteiger partial charge in [0.15, 0.2) is 11.6 Å². The second-order valence-electron chi connectivity index (χ2n) is 8.51. The van der Waals surface area contributed by atoms with Gasteiger partial charge in [-0.2, -0.15) is 0 Å². The highest BCUT2D eigenvalue weighted by Crippen LogP contribution is 2.39. The van der Waals surface area contributed by atoms with Crippen LogP contribution in [0.25, 0.3) is 22.0 Å². The highest BCUT2D eigenvalue weighted by molar-refractivity contribution is 7.89. The minimum atomic E-state index is -3.95. The molecule has 0 fully saturated rings. The van der Waals surface area contributed by atoms with E-state index in [1.807, 2.05) is 0 Å². The average molecular weight is 522 g/mol. The Morgan fingerprint density at radius 3 is 2.38 bits per heavy atom. The number of aromatic nitrogens is 2. The average Bonchev–Trinajstić information content (AvgIpc) is 3.31. The lowest BCUT2D eigenvalue weighted by Crippen LogP contribution is -2.23. The van der Waals surface area contributed by atoms with Gasteiger partial charge in [0.25, 0.3) is 5.56 Å². The third kappa shape index (κ3) is 4.58. The van der Waals surface area contributed by atoms with Crippen LogP contribution in [0.3, 0.4) is 0 Å². The lowest BCUT2D eigenvalue weighted by Gasteiger charge is -2.15. The van der Waals surface area contributed by atoms with Crippen LogP contribution in [0.1, 0.15) is 5.56 Å². The summed E-state index contributed by atoms with van der Waals surface area (Å²) in [5.74, 6) is -1.98. The fourth-order valence-corrected chi connectivity index (χ4v) is 5.61. The molecule has 0 radical (unpaired) electrons. The normalized spacial score (nSPS) is 11.6. The first-order chi connectivity index (χ1) is 17.6. The fourth-order valence-electron chi connectivity index (χ4n) is 4.15. The lowest BCUT2D eigenvalue weighted by molar-refractivity contribution is 0.439. The predicted molar refractivity (Wildman–Crippen MR) is 138 cm³/mol. The molecule has 0 amide bonds. The smallest absolute Gasteiger partial charge is 0.275 e. The molecule has 0 unspecified atom stereocenters. The lowest BCUT2D eigenvalue weighted by atomic mass is 10.0. The number of hydrogen-bond acceptors (Lipinski definition) is 5. The number of ether oxygens (including phenoxy) is 1. The maximum absolute atomic E-state index is 14.3. The molecule has 37 heavy (non-hydrogen) atoms. The van der Waals surface area contributed by atoms with Crippen molar-refractivity contribution in [3.63, 3.8) is 0 Å². The van der Waals surface area contributed by atoms with Gasteiger partial charge in [-0.25, -0.2) is 21.2 Å². The zero-order chi connectivity index (χ0) is 26.3. The van der Waals surface area contributed by atoms with Crippen LogP contribution in [0.15, 0.2) is 90.0 Å². The van der Waals surface area contributed by atoms with Gasteiger partial charge in [-0.15, -0.1) is 0 Å². The first kappa shape index (κ1) is 24.3. The number of halogens is 2. The number of nitrogens with zero attached hydrogens (tertiary/aromatic N) is 2. The van der Waals surface area contributed by atoms with Crippen molar-refractivity contribution in [3.05, 3.63) is 113 Å². The molecule has 5 rings (SSSR count). The number of nitrogens with two attached hydrogens (primary N) is 1. The van der Waals surface area contributed by atoms with Crippen LogP contribution in [0.2, 0.25) is 0 Å². The van der Waals surface area contributed by atoms with E-state index in [9.17, 15) is 22.0 Å². The van der Waals surface area contributed by atoms with Crippen LogP contribution in [-0.4, -0.2) is 17.0 Å². The van der Waals surface area contributed by atoms with Crippen molar-refractivity contribution in [1.82, 2.24) is 8.54 Å². The predicted octanol–water partition coefficient (Wildman–Crippen LogP) is 5.04. The molecule has 0 spiro atoms. The van der Waals surface area contributed by atoms with Gasteiger partial charge in [-0.05, 0) is 42.0 Å². The van der Waals surface area contributed by atoms with Crippen LogP contribution in [0.4, 0.5) is 14.5 Å². The second kappa shape index (κ2) is 9.21. The Labute approximate surface area is 211 Å². The van der Waals surface area contributed by atoms with Gasteiger partial charge >= 0.3 is 0 Å². The molecule has 7 nitrogen and oxygen atoms in total. The van der Waals surface area contributed by atoms with Gasteiger partial charge < -0.3 is 15.0 Å². The van der Waals surface area contributed by atoms with Gasteiger partial charge in [0.1, 0.15) is 17.1 Å². The Balaban J connectivity index is 1.68. The minimum absolute atomic E-state index is 0.0442. The molecule has 0 saturated carbocycles. The maximum atomic E-state index is 14.3. The molecule has 3 aromatic carbocycles. The van der Waals surface area contributed by atoms with Gasteiger partial charge in [-0.1, -0.05) is 30.3 Å². The molecule has 5 aromatic rings. The Morgan fingerprint density at radius 2 is 1.65 bits per heavy atom. The van der Waals surface area contributed by atoms with Crippen LogP contribution in [0, 0.1) is 11.6 Å². The molecule has 0 aliphatic heterocycles. The number of pyridine rings is 1. The zero-order valence-electron chi connectivity index (χ0n) is 19.6. The molecule has 0 aliphatic carbocycles. The van der Waals surface area contributed by atoms with Crippen LogP contribution < -0.4 is 16.0 Å². The van der Waals surface area contributed by atoms with Crippen molar-refractivity contribution in [2.45, 2.75) is 5.75 Å². The number of hydrogen-bond donors (Lipinski definition) is 1. The molecule has 2 N–H and O–H groups in total. The number of benzene rings is 3. The van der Waals surface area contributed by atoms with Crippen molar-refractivity contribution < 1.29 is 21.9 Å². The van der Waals surface area contributed by atoms with E-state index in [2.05, 4.69) is 0 Å². The summed E-state index contributed by atoms with van der Waals surface area (Å²) in [5.41, 5.74) is 7.24. The number of rotatable bonds is 6. The molecule has 0 bridgehead atoms. The molecule has 2 heterocycles. The van der Waals surface area contributed by atoms with E-state index < -0.39 is 27.2 Å². The number of anilines is 1. The Kier molecular flexibility index (Phi) is 6.04. The Hall–Kier alpha value is -4.44. The Morgan fingerprint density at radius 1 is 0.919 bits per heavy atom. The molecular weight excluding hydrogens is 500 g/mol. The number of aryl methyl sites for hydroxylation is 1. The molecule has 0 atom stereocenters. The summed E-state index contributed by atoms with van der Waals surface area (Å²) in [5, 5.41) is 0.342. The largest absolute Gasteiger partial charge is 0.454 e. The van der Waals surface area contributed by atoms with Crippen molar-refractivity contribution in [1.29, 1.82) is 0 Å². The van der Waals surface area contributed by atoms with Crippen molar-refractivity contribution in [3.8, 4) is 22.6 Å². The number of nitrogen functional groups attached to an aromatic ring is 1. The van der Waals surface area contributed by atoms with Gasteiger partial charge in [-0.3, -0.25) is 4.79 Å².